The number of carbonyl (C=O) groups excluding carboxylic acids is 1. The van der Waals surface area contributed by atoms with E-state index in [9.17, 15) is 4.79 Å². The van der Waals surface area contributed by atoms with Crippen LogP contribution in [0.25, 0.3) is 6.08 Å². The molecule has 0 saturated heterocycles. The minimum atomic E-state index is -0.0129. The Kier molecular flexibility index (Phi) is 6.63. The van der Waals surface area contributed by atoms with Crippen LogP contribution in [0.5, 0.6) is 11.5 Å². The minimum absolute atomic E-state index is 0.0129. The van der Waals surface area contributed by atoms with Crippen LogP contribution in [0, 0.1) is 6.92 Å². The lowest BCUT2D eigenvalue weighted by Crippen LogP contribution is -2.27. The van der Waals surface area contributed by atoms with Crippen LogP contribution >= 0.6 is 0 Å². The molecule has 2 aromatic carbocycles. The van der Waals surface area contributed by atoms with Gasteiger partial charge in [0, 0.05) is 19.7 Å². The SMILES string of the molecule is COc1ccc(CCN(C)C(=O)/C=C/c2ccc(C)cc2)cc1OC. The van der Waals surface area contributed by atoms with Crippen molar-refractivity contribution in [1.29, 1.82) is 0 Å². The summed E-state index contributed by atoms with van der Waals surface area (Å²) in [6.07, 6.45) is 4.20. The number of methoxy groups -OCH3 is 2. The van der Waals surface area contributed by atoms with Crippen molar-refractivity contribution in [2.24, 2.45) is 0 Å². The summed E-state index contributed by atoms with van der Waals surface area (Å²) in [6, 6.07) is 13.9. The van der Waals surface area contributed by atoms with Crippen molar-refractivity contribution in [3.63, 3.8) is 0 Å². The van der Waals surface area contributed by atoms with Crippen LogP contribution in [-0.2, 0) is 11.2 Å². The molecule has 25 heavy (non-hydrogen) atoms. The molecule has 132 valence electrons. The fourth-order valence-electron chi connectivity index (χ4n) is 2.42. The number of hydrogen-bond acceptors (Lipinski definition) is 3. The molecule has 0 saturated carbocycles. The first-order valence-corrected chi connectivity index (χ1v) is 8.24. The lowest BCUT2D eigenvalue weighted by atomic mass is 10.1. The molecular weight excluding hydrogens is 314 g/mol. The van der Waals surface area contributed by atoms with Crippen molar-refractivity contribution < 1.29 is 14.3 Å². The average molecular weight is 339 g/mol. The Balaban J connectivity index is 1.91. The Hall–Kier alpha value is -2.75. The first-order chi connectivity index (χ1) is 12.0. The minimum Gasteiger partial charge on any atom is -0.493 e. The van der Waals surface area contributed by atoms with E-state index in [1.54, 1.807) is 25.2 Å². The zero-order chi connectivity index (χ0) is 18.2. The molecule has 1 amide bonds. The topological polar surface area (TPSA) is 38.8 Å². The molecule has 0 spiro atoms. The highest BCUT2D eigenvalue weighted by Gasteiger charge is 2.08. The molecule has 0 radical (unpaired) electrons. The van der Waals surface area contributed by atoms with Crippen LogP contribution in [0.4, 0.5) is 0 Å². The van der Waals surface area contributed by atoms with E-state index in [-0.39, 0.29) is 5.91 Å². The van der Waals surface area contributed by atoms with Crippen molar-refractivity contribution in [2.45, 2.75) is 13.3 Å². The molecule has 0 atom stereocenters. The number of ether oxygens (including phenoxy) is 2. The average Bonchev–Trinajstić information content (AvgIpc) is 2.65. The monoisotopic (exact) mass is 339 g/mol. The molecule has 0 heterocycles. The van der Waals surface area contributed by atoms with Crippen molar-refractivity contribution in [2.75, 3.05) is 27.8 Å². The maximum atomic E-state index is 12.2. The molecule has 0 fully saturated rings. The molecule has 2 rings (SSSR count). The summed E-state index contributed by atoms with van der Waals surface area (Å²) in [5.41, 5.74) is 3.32. The van der Waals surface area contributed by atoms with Crippen molar-refractivity contribution in [3.05, 3.63) is 65.2 Å². The number of likely N-dealkylation sites (N-methyl/N-ethyl adjacent to an activating group) is 1. The van der Waals surface area contributed by atoms with E-state index in [1.165, 1.54) is 5.56 Å². The summed E-state index contributed by atoms with van der Waals surface area (Å²) in [6.45, 7) is 2.67. The Morgan fingerprint density at radius 3 is 2.36 bits per heavy atom. The third-order valence-electron chi connectivity index (χ3n) is 4.06. The van der Waals surface area contributed by atoms with E-state index < -0.39 is 0 Å². The highest BCUT2D eigenvalue weighted by atomic mass is 16.5. The second-order valence-corrected chi connectivity index (χ2v) is 5.94. The van der Waals surface area contributed by atoms with E-state index in [0.29, 0.717) is 18.0 Å². The van der Waals surface area contributed by atoms with Crippen molar-refractivity contribution >= 4 is 12.0 Å². The van der Waals surface area contributed by atoms with E-state index in [2.05, 4.69) is 0 Å². The van der Waals surface area contributed by atoms with E-state index in [1.807, 2.05) is 62.5 Å². The van der Waals surface area contributed by atoms with Crippen LogP contribution in [0.2, 0.25) is 0 Å². The number of amides is 1. The van der Waals surface area contributed by atoms with Crippen LogP contribution in [0.3, 0.4) is 0 Å². The van der Waals surface area contributed by atoms with Gasteiger partial charge in [0.25, 0.3) is 0 Å². The molecule has 4 nitrogen and oxygen atoms in total. The van der Waals surface area contributed by atoms with Gasteiger partial charge in [-0.1, -0.05) is 35.9 Å². The Bertz CT molecular complexity index is 735. The first kappa shape index (κ1) is 18.6. The lowest BCUT2D eigenvalue weighted by Gasteiger charge is -2.16. The molecule has 0 aliphatic heterocycles. The summed E-state index contributed by atoms with van der Waals surface area (Å²) < 4.78 is 10.5. The summed E-state index contributed by atoms with van der Waals surface area (Å²) in [5.74, 6) is 1.39. The van der Waals surface area contributed by atoms with Gasteiger partial charge in [-0.05, 0) is 42.7 Å². The third kappa shape index (κ3) is 5.38. The van der Waals surface area contributed by atoms with Crippen LogP contribution in [0.1, 0.15) is 16.7 Å². The van der Waals surface area contributed by atoms with Crippen LogP contribution < -0.4 is 9.47 Å². The zero-order valence-corrected chi connectivity index (χ0v) is 15.3. The predicted molar refractivity (Wildman–Crippen MR) is 101 cm³/mol. The number of hydrogen-bond donors (Lipinski definition) is 0. The van der Waals surface area contributed by atoms with Gasteiger partial charge in [-0.15, -0.1) is 0 Å². The molecular formula is C21H25NO3. The highest BCUT2D eigenvalue weighted by molar-refractivity contribution is 5.91. The normalized spacial score (nSPS) is 10.7. The van der Waals surface area contributed by atoms with Gasteiger partial charge < -0.3 is 14.4 Å². The van der Waals surface area contributed by atoms with Gasteiger partial charge in [0.2, 0.25) is 5.91 Å². The number of carbonyl (C=O) groups is 1. The summed E-state index contributed by atoms with van der Waals surface area (Å²) >= 11 is 0. The molecule has 0 N–H and O–H groups in total. The second kappa shape index (κ2) is 8.92. The van der Waals surface area contributed by atoms with E-state index >= 15 is 0 Å². The maximum absolute atomic E-state index is 12.2. The standard InChI is InChI=1S/C21H25NO3/c1-16-5-7-17(8-6-16)10-12-21(23)22(2)14-13-18-9-11-19(24-3)20(15-18)25-4/h5-12,15H,13-14H2,1-4H3/b12-10+. The van der Waals surface area contributed by atoms with Crippen LogP contribution in [-0.4, -0.2) is 38.6 Å². The van der Waals surface area contributed by atoms with Crippen LogP contribution in [0.15, 0.2) is 48.5 Å². The third-order valence-corrected chi connectivity index (χ3v) is 4.06. The summed E-state index contributed by atoms with van der Waals surface area (Å²) in [7, 11) is 5.04. The number of nitrogens with zero attached hydrogens (tertiary/aromatic N) is 1. The van der Waals surface area contributed by atoms with Gasteiger partial charge in [-0.25, -0.2) is 0 Å². The number of aryl methyl sites for hydroxylation is 1. The quantitative estimate of drug-likeness (QED) is 0.722. The molecule has 0 aromatic heterocycles. The van der Waals surface area contributed by atoms with Gasteiger partial charge >= 0.3 is 0 Å². The molecule has 0 aliphatic carbocycles. The van der Waals surface area contributed by atoms with Crippen molar-refractivity contribution in [1.82, 2.24) is 4.90 Å². The molecule has 4 heteroatoms. The smallest absolute Gasteiger partial charge is 0.246 e. The van der Waals surface area contributed by atoms with E-state index in [4.69, 9.17) is 9.47 Å². The molecule has 0 unspecified atom stereocenters. The maximum Gasteiger partial charge on any atom is 0.246 e. The number of rotatable bonds is 7. The predicted octanol–water partition coefficient (Wildman–Crippen LogP) is 3.73. The zero-order valence-electron chi connectivity index (χ0n) is 15.3. The van der Waals surface area contributed by atoms with Gasteiger partial charge in [-0.2, -0.15) is 0 Å². The van der Waals surface area contributed by atoms with Gasteiger partial charge in [0.15, 0.2) is 11.5 Å². The largest absolute Gasteiger partial charge is 0.493 e. The summed E-state index contributed by atoms with van der Waals surface area (Å²) in [5, 5.41) is 0. The number of benzene rings is 2. The highest BCUT2D eigenvalue weighted by Crippen LogP contribution is 2.27. The second-order valence-electron chi connectivity index (χ2n) is 5.94. The Labute approximate surface area is 149 Å². The first-order valence-electron chi connectivity index (χ1n) is 8.24. The van der Waals surface area contributed by atoms with Gasteiger partial charge in [0.05, 0.1) is 14.2 Å². The van der Waals surface area contributed by atoms with Gasteiger partial charge in [-0.3, -0.25) is 4.79 Å². The summed E-state index contributed by atoms with van der Waals surface area (Å²) in [4.78, 5) is 13.9. The van der Waals surface area contributed by atoms with Gasteiger partial charge in [0.1, 0.15) is 0 Å². The lowest BCUT2D eigenvalue weighted by molar-refractivity contribution is -0.124. The molecule has 2 aromatic rings. The van der Waals surface area contributed by atoms with E-state index in [0.717, 1.165) is 17.5 Å². The molecule has 0 bridgehead atoms. The Morgan fingerprint density at radius 2 is 1.72 bits per heavy atom. The molecule has 0 aliphatic rings. The fraction of sp³-hybridized carbons (Fsp3) is 0.286. The van der Waals surface area contributed by atoms with Crippen molar-refractivity contribution in [3.8, 4) is 11.5 Å². The Morgan fingerprint density at radius 1 is 1.04 bits per heavy atom. The fourth-order valence-corrected chi connectivity index (χ4v) is 2.42.